The fourth-order valence-electron chi connectivity index (χ4n) is 3.93. The zero-order valence-electron chi connectivity index (χ0n) is 18.9. The normalized spacial score (nSPS) is 11.4. The number of anilines is 1. The van der Waals surface area contributed by atoms with Crippen LogP contribution in [0.4, 0.5) is 5.95 Å². The van der Waals surface area contributed by atoms with Crippen LogP contribution in [0.5, 0.6) is 0 Å². The maximum absolute atomic E-state index is 6.27. The predicted octanol–water partition coefficient (Wildman–Crippen LogP) is 7.31. The number of hydrazone groups is 1. The minimum atomic E-state index is 0.396. The van der Waals surface area contributed by atoms with Crippen LogP contribution in [0, 0.1) is 0 Å². The number of fused-ring (bicyclic) bond motifs is 1. The summed E-state index contributed by atoms with van der Waals surface area (Å²) < 4.78 is 1.86. The first-order valence-corrected chi connectivity index (χ1v) is 12.5. The lowest BCUT2D eigenvalue weighted by Crippen LogP contribution is -2.00. The summed E-state index contributed by atoms with van der Waals surface area (Å²) in [6, 6.07) is 29.6. The molecule has 3 heterocycles. The van der Waals surface area contributed by atoms with Crippen molar-refractivity contribution in [2.75, 3.05) is 5.43 Å². The van der Waals surface area contributed by atoms with Gasteiger partial charge >= 0.3 is 0 Å². The van der Waals surface area contributed by atoms with Crippen LogP contribution in [0.2, 0.25) is 5.02 Å². The summed E-state index contributed by atoms with van der Waals surface area (Å²) in [6.07, 6.45) is 3.72. The maximum atomic E-state index is 6.27. The van der Waals surface area contributed by atoms with Crippen molar-refractivity contribution in [1.29, 1.82) is 0 Å². The van der Waals surface area contributed by atoms with Gasteiger partial charge in [-0.25, -0.2) is 20.1 Å². The van der Waals surface area contributed by atoms with Gasteiger partial charge in [-0.2, -0.15) is 10.2 Å². The van der Waals surface area contributed by atoms with E-state index in [1.807, 2.05) is 101 Å². The number of nitrogens with one attached hydrogen (secondary N) is 1. The molecule has 6 aromatic rings. The second kappa shape index (κ2) is 9.73. The fourth-order valence-corrected chi connectivity index (χ4v) is 4.83. The first-order valence-electron chi connectivity index (χ1n) is 11.3. The van der Waals surface area contributed by atoms with E-state index in [1.165, 1.54) is 0 Å². The molecular weight excluding hydrogens is 488 g/mol. The van der Waals surface area contributed by atoms with Crippen LogP contribution < -0.4 is 5.43 Å². The lowest BCUT2D eigenvalue weighted by Gasteiger charge is -2.09. The van der Waals surface area contributed by atoms with E-state index in [4.69, 9.17) is 21.7 Å². The topological polar surface area (TPSA) is 68.0 Å². The number of hydrogen-bond donors (Lipinski definition) is 1. The van der Waals surface area contributed by atoms with Crippen LogP contribution in [0.3, 0.4) is 0 Å². The van der Waals surface area contributed by atoms with E-state index in [2.05, 4.69) is 21.6 Å². The molecule has 3 aromatic heterocycles. The number of halogens is 1. The van der Waals surface area contributed by atoms with E-state index in [0.717, 1.165) is 44.0 Å². The molecule has 0 atom stereocenters. The molecule has 3 aromatic carbocycles. The van der Waals surface area contributed by atoms with Crippen molar-refractivity contribution in [1.82, 2.24) is 19.7 Å². The second-order valence-electron chi connectivity index (χ2n) is 7.98. The Morgan fingerprint density at radius 2 is 1.67 bits per heavy atom. The van der Waals surface area contributed by atoms with Crippen molar-refractivity contribution in [3.8, 4) is 27.5 Å². The van der Waals surface area contributed by atoms with Crippen LogP contribution in [-0.2, 0) is 0 Å². The smallest absolute Gasteiger partial charge is 0.244 e. The van der Waals surface area contributed by atoms with E-state index in [9.17, 15) is 0 Å². The first-order chi connectivity index (χ1) is 17.7. The summed E-state index contributed by atoms with van der Waals surface area (Å²) in [5.74, 6) is 0.396. The fraction of sp³-hybridized carbons (Fsp3) is 0. The van der Waals surface area contributed by atoms with Crippen molar-refractivity contribution in [2.24, 2.45) is 5.10 Å². The Morgan fingerprint density at radius 1 is 0.861 bits per heavy atom. The van der Waals surface area contributed by atoms with Gasteiger partial charge in [0.1, 0.15) is 5.69 Å². The molecule has 0 aliphatic carbocycles. The third-order valence-electron chi connectivity index (χ3n) is 5.59. The Hall–Kier alpha value is -4.33. The number of para-hydroxylation sites is 1. The van der Waals surface area contributed by atoms with E-state index >= 15 is 0 Å². The van der Waals surface area contributed by atoms with Crippen LogP contribution >= 0.6 is 22.9 Å². The summed E-state index contributed by atoms with van der Waals surface area (Å²) in [7, 11) is 0. The lowest BCUT2D eigenvalue weighted by atomic mass is 10.1. The molecule has 6 rings (SSSR count). The zero-order chi connectivity index (χ0) is 24.3. The molecule has 0 bridgehead atoms. The molecular formula is C28H19ClN6S. The highest BCUT2D eigenvalue weighted by Gasteiger charge is 2.13. The summed E-state index contributed by atoms with van der Waals surface area (Å²) in [5, 5.41) is 12.8. The number of nitrogens with zero attached hydrogens (tertiary/aromatic N) is 5. The Kier molecular flexibility index (Phi) is 5.99. The van der Waals surface area contributed by atoms with Crippen molar-refractivity contribution in [3.05, 3.63) is 113 Å². The van der Waals surface area contributed by atoms with E-state index in [0.29, 0.717) is 11.0 Å². The molecule has 0 amide bonds. The summed E-state index contributed by atoms with van der Waals surface area (Å²) in [4.78, 5) is 10.5. The molecule has 36 heavy (non-hydrogen) atoms. The Morgan fingerprint density at radius 3 is 2.44 bits per heavy atom. The van der Waals surface area contributed by atoms with E-state index in [1.54, 1.807) is 17.6 Å². The highest BCUT2D eigenvalue weighted by atomic mass is 35.5. The molecule has 0 aliphatic heterocycles. The minimum Gasteiger partial charge on any atom is -0.245 e. The Balaban J connectivity index is 1.36. The van der Waals surface area contributed by atoms with Gasteiger partial charge in [-0.15, -0.1) is 11.3 Å². The number of thiophene rings is 1. The average molecular weight is 507 g/mol. The summed E-state index contributed by atoms with van der Waals surface area (Å²) in [6.45, 7) is 0. The van der Waals surface area contributed by atoms with Gasteiger partial charge in [0.2, 0.25) is 5.95 Å². The van der Waals surface area contributed by atoms with Crippen LogP contribution in [0.15, 0.2) is 108 Å². The number of hydrogen-bond acceptors (Lipinski definition) is 6. The molecule has 174 valence electrons. The van der Waals surface area contributed by atoms with Gasteiger partial charge in [0.25, 0.3) is 0 Å². The van der Waals surface area contributed by atoms with Gasteiger partial charge in [0, 0.05) is 27.7 Å². The van der Waals surface area contributed by atoms with Crippen LogP contribution in [0.25, 0.3) is 38.4 Å². The molecule has 0 fully saturated rings. The second-order valence-corrected chi connectivity index (χ2v) is 9.37. The third kappa shape index (κ3) is 4.49. The monoisotopic (exact) mass is 506 g/mol. The van der Waals surface area contributed by atoms with Crippen molar-refractivity contribution in [2.45, 2.75) is 0 Å². The first kappa shape index (κ1) is 22.2. The van der Waals surface area contributed by atoms with Gasteiger partial charge in [-0.05, 0) is 41.8 Å². The summed E-state index contributed by atoms with van der Waals surface area (Å²) in [5.41, 5.74) is 8.27. The van der Waals surface area contributed by atoms with E-state index < -0.39 is 0 Å². The minimum absolute atomic E-state index is 0.396. The highest BCUT2D eigenvalue weighted by Crippen LogP contribution is 2.30. The van der Waals surface area contributed by atoms with Crippen LogP contribution in [0.1, 0.15) is 5.56 Å². The zero-order valence-corrected chi connectivity index (χ0v) is 20.5. The summed E-state index contributed by atoms with van der Waals surface area (Å²) >= 11 is 7.91. The Labute approximate surface area is 216 Å². The predicted molar refractivity (Wildman–Crippen MR) is 148 cm³/mol. The standard InChI is InChI=1S/C28H19ClN6S/c29-21-13-14-24-23(16-21)26(19-8-3-1-4-9-19)32-28(31-24)33-30-17-20-18-35(22-10-5-2-6-11-22)34-27(20)25-12-7-15-36-25/h1-18H,(H,31,32,33)/b30-17-. The van der Waals surface area contributed by atoms with E-state index in [-0.39, 0.29) is 0 Å². The van der Waals surface area contributed by atoms with Gasteiger partial charge in [-0.3, -0.25) is 0 Å². The van der Waals surface area contributed by atoms with Gasteiger partial charge in [0.05, 0.1) is 28.0 Å². The van der Waals surface area contributed by atoms with Crippen molar-refractivity contribution >= 4 is 46.0 Å². The molecule has 0 radical (unpaired) electrons. The lowest BCUT2D eigenvalue weighted by molar-refractivity contribution is 0.885. The van der Waals surface area contributed by atoms with Gasteiger partial charge < -0.3 is 0 Å². The average Bonchev–Trinajstić information content (AvgIpc) is 3.60. The molecule has 6 nitrogen and oxygen atoms in total. The molecule has 8 heteroatoms. The van der Waals surface area contributed by atoms with Crippen molar-refractivity contribution in [3.63, 3.8) is 0 Å². The number of aromatic nitrogens is 4. The number of benzene rings is 3. The van der Waals surface area contributed by atoms with Crippen molar-refractivity contribution < 1.29 is 0 Å². The third-order valence-corrected chi connectivity index (χ3v) is 6.70. The Bertz CT molecular complexity index is 1660. The molecule has 0 unspecified atom stereocenters. The molecule has 0 aliphatic rings. The van der Waals surface area contributed by atoms with Crippen LogP contribution in [-0.4, -0.2) is 26.0 Å². The molecule has 0 saturated carbocycles. The molecule has 1 N–H and O–H groups in total. The van der Waals surface area contributed by atoms with Gasteiger partial charge in [0.15, 0.2) is 0 Å². The largest absolute Gasteiger partial charge is 0.245 e. The van der Waals surface area contributed by atoms with Gasteiger partial charge in [-0.1, -0.05) is 66.2 Å². The SMILES string of the molecule is Clc1ccc2nc(N/N=C\c3cn(-c4ccccc4)nc3-c3cccs3)nc(-c3ccccc3)c2c1. The molecule has 0 saturated heterocycles. The molecule has 0 spiro atoms. The maximum Gasteiger partial charge on any atom is 0.244 e. The number of rotatable bonds is 6. The highest BCUT2D eigenvalue weighted by molar-refractivity contribution is 7.13. The quantitative estimate of drug-likeness (QED) is 0.190.